The van der Waals surface area contributed by atoms with Crippen LogP contribution in [0, 0.1) is 5.41 Å². The van der Waals surface area contributed by atoms with Crippen molar-refractivity contribution in [1.82, 2.24) is 0 Å². The molecule has 0 unspecified atom stereocenters. The molecular formula is C8H14O. The summed E-state index contributed by atoms with van der Waals surface area (Å²) in [6.07, 6.45) is 5.38. The third kappa shape index (κ3) is 7.41. The Morgan fingerprint density at radius 1 is 1.33 bits per heavy atom. The minimum absolute atomic E-state index is 0.211. The molecule has 0 aromatic carbocycles. The lowest BCUT2D eigenvalue weighted by atomic mass is 9.96. The predicted molar refractivity (Wildman–Crippen MR) is 39.3 cm³/mol. The van der Waals surface area contributed by atoms with Crippen molar-refractivity contribution in [2.24, 2.45) is 5.41 Å². The molecule has 0 amide bonds. The largest absolute Gasteiger partial charge is 0.303 e. The summed E-state index contributed by atoms with van der Waals surface area (Å²) >= 11 is 0. The molecule has 0 saturated heterocycles. The van der Waals surface area contributed by atoms with Gasteiger partial charge in [0.25, 0.3) is 0 Å². The van der Waals surface area contributed by atoms with E-state index in [-0.39, 0.29) is 5.41 Å². The standard InChI is InChI=1S/C8H14O/c1-8(2,3)6-4-5-7-9/h4,6-7H,5H2,1-3H3. The highest BCUT2D eigenvalue weighted by molar-refractivity contribution is 5.51. The van der Waals surface area contributed by atoms with Gasteiger partial charge in [-0.1, -0.05) is 32.9 Å². The minimum atomic E-state index is 0.211. The third-order valence-corrected chi connectivity index (χ3v) is 0.850. The molecule has 52 valence electrons. The van der Waals surface area contributed by atoms with Gasteiger partial charge in [0.1, 0.15) is 6.29 Å². The molecule has 0 aliphatic rings. The van der Waals surface area contributed by atoms with Crippen LogP contribution in [0.25, 0.3) is 0 Å². The molecule has 0 aliphatic heterocycles. The molecule has 0 aromatic rings. The molecule has 0 aromatic heterocycles. The Balaban J connectivity index is 3.57. The molecule has 0 spiro atoms. The fraction of sp³-hybridized carbons (Fsp3) is 0.625. The van der Waals surface area contributed by atoms with Crippen molar-refractivity contribution in [2.45, 2.75) is 27.2 Å². The van der Waals surface area contributed by atoms with Crippen LogP contribution in [-0.2, 0) is 4.79 Å². The lowest BCUT2D eigenvalue weighted by Gasteiger charge is -2.09. The van der Waals surface area contributed by atoms with Gasteiger partial charge >= 0.3 is 0 Å². The number of allylic oxidation sites excluding steroid dienone is 2. The fourth-order valence-electron chi connectivity index (χ4n) is 0.477. The first-order valence-corrected chi connectivity index (χ1v) is 3.17. The second kappa shape index (κ2) is 3.44. The van der Waals surface area contributed by atoms with Gasteiger partial charge < -0.3 is 4.79 Å². The summed E-state index contributed by atoms with van der Waals surface area (Å²) in [4.78, 5) is 9.84. The average molecular weight is 126 g/mol. The van der Waals surface area contributed by atoms with E-state index in [2.05, 4.69) is 20.8 Å². The first-order valence-electron chi connectivity index (χ1n) is 3.17. The molecule has 0 rings (SSSR count). The SMILES string of the molecule is CC(C)(C)C=CCC=O. The molecule has 0 atom stereocenters. The highest BCUT2D eigenvalue weighted by atomic mass is 16.1. The zero-order valence-corrected chi connectivity index (χ0v) is 6.35. The minimum Gasteiger partial charge on any atom is -0.303 e. The number of carbonyl (C=O) groups excluding carboxylic acids is 1. The normalized spacial score (nSPS) is 12.3. The highest BCUT2D eigenvalue weighted by Gasteiger charge is 2.01. The predicted octanol–water partition coefficient (Wildman–Crippen LogP) is 2.18. The number of aldehydes is 1. The Hall–Kier alpha value is -0.590. The zero-order chi connectivity index (χ0) is 7.33. The van der Waals surface area contributed by atoms with Crippen LogP contribution in [0.4, 0.5) is 0 Å². The first-order chi connectivity index (χ1) is 4.06. The van der Waals surface area contributed by atoms with Crippen LogP contribution in [0.1, 0.15) is 27.2 Å². The molecule has 0 heterocycles. The van der Waals surface area contributed by atoms with Gasteiger partial charge in [0.15, 0.2) is 0 Å². The molecule has 0 bridgehead atoms. The zero-order valence-electron chi connectivity index (χ0n) is 6.35. The van der Waals surface area contributed by atoms with Crippen LogP contribution in [0.5, 0.6) is 0 Å². The van der Waals surface area contributed by atoms with Crippen molar-refractivity contribution in [3.63, 3.8) is 0 Å². The summed E-state index contributed by atoms with van der Waals surface area (Å²) in [6, 6.07) is 0. The number of carbonyl (C=O) groups is 1. The first kappa shape index (κ1) is 8.41. The van der Waals surface area contributed by atoms with E-state index in [1.807, 2.05) is 12.2 Å². The second-order valence-electron chi connectivity index (χ2n) is 3.17. The monoisotopic (exact) mass is 126 g/mol. The van der Waals surface area contributed by atoms with E-state index < -0.39 is 0 Å². The summed E-state index contributed by atoms with van der Waals surface area (Å²) in [6.45, 7) is 6.32. The highest BCUT2D eigenvalue weighted by Crippen LogP contribution is 2.14. The Bertz CT molecular complexity index is 106. The molecule has 1 nitrogen and oxygen atoms in total. The molecular weight excluding hydrogens is 112 g/mol. The van der Waals surface area contributed by atoms with E-state index in [1.54, 1.807) is 0 Å². The maximum Gasteiger partial charge on any atom is 0.123 e. The molecule has 0 aliphatic carbocycles. The van der Waals surface area contributed by atoms with E-state index in [1.165, 1.54) is 0 Å². The Morgan fingerprint density at radius 3 is 2.22 bits per heavy atom. The van der Waals surface area contributed by atoms with Gasteiger partial charge in [-0.2, -0.15) is 0 Å². The van der Waals surface area contributed by atoms with Crippen molar-refractivity contribution < 1.29 is 4.79 Å². The summed E-state index contributed by atoms with van der Waals surface area (Å²) in [7, 11) is 0. The summed E-state index contributed by atoms with van der Waals surface area (Å²) in [5, 5.41) is 0. The number of hydrogen-bond acceptors (Lipinski definition) is 1. The lowest BCUT2D eigenvalue weighted by Crippen LogP contribution is -1.97. The van der Waals surface area contributed by atoms with Crippen LogP contribution in [0.15, 0.2) is 12.2 Å². The van der Waals surface area contributed by atoms with Gasteiger partial charge in [-0.15, -0.1) is 0 Å². The van der Waals surface area contributed by atoms with Crippen LogP contribution < -0.4 is 0 Å². The molecule has 0 fully saturated rings. The van der Waals surface area contributed by atoms with E-state index in [0.29, 0.717) is 6.42 Å². The number of rotatable bonds is 2. The van der Waals surface area contributed by atoms with E-state index in [4.69, 9.17) is 0 Å². The summed E-state index contributed by atoms with van der Waals surface area (Å²) in [5.74, 6) is 0. The summed E-state index contributed by atoms with van der Waals surface area (Å²) in [5.41, 5.74) is 0.211. The Labute approximate surface area is 56.8 Å². The number of hydrogen-bond donors (Lipinski definition) is 0. The molecule has 0 saturated carbocycles. The van der Waals surface area contributed by atoms with Crippen LogP contribution in [0.2, 0.25) is 0 Å². The quantitative estimate of drug-likeness (QED) is 0.409. The van der Waals surface area contributed by atoms with Gasteiger partial charge in [0.05, 0.1) is 0 Å². The molecule has 9 heavy (non-hydrogen) atoms. The van der Waals surface area contributed by atoms with Gasteiger partial charge in [0, 0.05) is 6.42 Å². The van der Waals surface area contributed by atoms with Crippen molar-refractivity contribution in [3.05, 3.63) is 12.2 Å². The van der Waals surface area contributed by atoms with Gasteiger partial charge in [0.2, 0.25) is 0 Å². The Morgan fingerprint density at radius 2 is 1.89 bits per heavy atom. The smallest absolute Gasteiger partial charge is 0.123 e. The van der Waals surface area contributed by atoms with Crippen LogP contribution >= 0.6 is 0 Å². The van der Waals surface area contributed by atoms with E-state index in [0.717, 1.165) is 6.29 Å². The maximum absolute atomic E-state index is 9.84. The van der Waals surface area contributed by atoms with E-state index >= 15 is 0 Å². The van der Waals surface area contributed by atoms with Crippen molar-refractivity contribution in [2.75, 3.05) is 0 Å². The Kier molecular flexibility index (Phi) is 3.21. The van der Waals surface area contributed by atoms with Crippen molar-refractivity contribution in [1.29, 1.82) is 0 Å². The second-order valence-corrected chi connectivity index (χ2v) is 3.17. The molecule has 1 heteroatoms. The average Bonchev–Trinajstić information content (AvgIpc) is 1.63. The lowest BCUT2D eigenvalue weighted by molar-refractivity contribution is -0.107. The topological polar surface area (TPSA) is 17.1 Å². The van der Waals surface area contributed by atoms with Crippen LogP contribution in [0.3, 0.4) is 0 Å². The molecule has 0 N–H and O–H groups in total. The molecule has 0 radical (unpaired) electrons. The van der Waals surface area contributed by atoms with Gasteiger partial charge in [-0.3, -0.25) is 0 Å². The maximum atomic E-state index is 9.84. The van der Waals surface area contributed by atoms with Crippen LogP contribution in [-0.4, -0.2) is 6.29 Å². The van der Waals surface area contributed by atoms with Gasteiger partial charge in [-0.05, 0) is 5.41 Å². The van der Waals surface area contributed by atoms with Gasteiger partial charge in [-0.25, -0.2) is 0 Å². The van der Waals surface area contributed by atoms with Crippen molar-refractivity contribution >= 4 is 6.29 Å². The fourth-order valence-corrected chi connectivity index (χ4v) is 0.477. The van der Waals surface area contributed by atoms with E-state index in [9.17, 15) is 4.79 Å². The van der Waals surface area contributed by atoms with Crippen molar-refractivity contribution in [3.8, 4) is 0 Å². The summed E-state index contributed by atoms with van der Waals surface area (Å²) < 4.78 is 0. The third-order valence-electron chi connectivity index (χ3n) is 0.850.